The van der Waals surface area contributed by atoms with Crippen molar-refractivity contribution in [3.63, 3.8) is 0 Å². The molecule has 0 radical (unpaired) electrons. The van der Waals surface area contributed by atoms with Crippen molar-refractivity contribution >= 4 is 11.9 Å². The van der Waals surface area contributed by atoms with E-state index in [-0.39, 0.29) is 11.8 Å². The predicted octanol–water partition coefficient (Wildman–Crippen LogP) is 0.716. The van der Waals surface area contributed by atoms with E-state index in [9.17, 15) is 9.59 Å². The van der Waals surface area contributed by atoms with Crippen LogP contribution in [0.3, 0.4) is 0 Å². The first-order valence-corrected chi connectivity index (χ1v) is 3.58. The zero-order valence-corrected chi connectivity index (χ0v) is 6.57. The Balaban J connectivity index is 2.79. The summed E-state index contributed by atoms with van der Waals surface area (Å²) < 4.78 is 0. The first kappa shape index (κ1) is 8.04. The third kappa shape index (κ3) is 1.20. The summed E-state index contributed by atoms with van der Waals surface area (Å²) in [6, 6.07) is -0.613. The summed E-state index contributed by atoms with van der Waals surface area (Å²) in [5.41, 5.74) is 0. The summed E-state index contributed by atoms with van der Waals surface area (Å²) in [6.45, 7) is 3.37. The highest BCUT2D eigenvalue weighted by Crippen LogP contribution is 2.19. The van der Waals surface area contributed by atoms with E-state index < -0.39 is 12.1 Å². The minimum atomic E-state index is -1.00. The lowest BCUT2D eigenvalue weighted by Crippen LogP contribution is -2.38. The van der Waals surface area contributed by atoms with Crippen LogP contribution < -0.4 is 0 Å². The van der Waals surface area contributed by atoms with Crippen LogP contribution in [0.15, 0.2) is 0 Å². The number of carbonyl (C=O) groups is 2. The summed E-state index contributed by atoms with van der Waals surface area (Å²) in [5.74, 6) is 0.0138. The van der Waals surface area contributed by atoms with Crippen LogP contribution in [0.4, 0.5) is 4.79 Å². The Kier molecular flexibility index (Phi) is 1.85. The summed E-state index contributed by atoms with van der Waals surface area (Å²) in [7, 11) is 0. The second-order valence-corrected chi connectivity index (χ2v) is 2.89. The van der Waals surface area contributed by atoms with Crippen LogP contribution in [0.5, 0.6) is 0 Å². The van der Waals surface area contributed by atoms with E-state index in [2.05, 4.69) is 0 Å². The number of amides is 1. The van der Waals surface area contributed by atoms with Crippen LogP contribution in [0.1, 0.15) is 20.3 Å². The van der Waals surface area contributed by atoms with Crippen molar-refractivity contribution in [3.05, 3.63) is 0 Å². The molecule has 0 bridgehead atoms. The fraction of sp³-hybridized carbons (Fsp3) is 0.714. The van der Waals surface area contributed by atoms with Crippen molar-refractivity contribution in [2.45, 2.75) is 32.4 Å². The molecule has 1 rings (SSSR count). The molecule has 0 aliphatic carbocycles. The molecule has 4 heteroatoms. The molecule has 11 heavy (non-hydrogen) atoms. The third-order valence-corrected chi connectivity index (χ3v) is 2.08. The molecule has 62 valence electrons. The highest BCUT2D eigenvalue weighted by Gasteiger charge is 2.37. The van der Waals surface area contributed by atoms with Gasteiger partial charge in [0.2, 0.25) is 0 Å². The molecular weight excluding hydrogens is 146 g/mol. The van der Waals surface area contributed by atoms with Crippen molar-refractivity contribution in [3.8, 4) is 0 Å². The van der Waals surface area contributed by atoms with E-state index >= 15 is 0 Å². The first-order valence-electron chi connectivity index (χ1n) is 3.58. The van der Waals surface area contributed by atoms with Crippen molar-refractivity contribution in [2.75, 3.05) is 0 Å². The van der Waals surface area contributed by atoms with Crippen molar-refractivity contribution in [1.29, 1.82) is 0 Å². The Labute approximate surface area is 64.8 Å². The number of hydrogen-bond donors (Lipinski definition) is 1. The Morgan fingerprint density at radius 3 is 2.36 bits per heavy atom. The molecule has 1 aliphatic rings. The molecule has 0 aromatic heterocycles. The number of carboxylic acid groups (broad SMARTS) is 1. The molecule has 0 aromatic rings. The van der Waals surface area contributed by atoms with Gasteiger partial charge in [0.05, 0.1) is 6.04 Å². The van der Waals surface area contributed by atoms with E-state index in [4.69, 9.17) is 5.11 Å². The zero-order chi connectivity index (χ0) is 8.59. The van der Waals surface area contributed by atoms with Crippen LogP contribution in [0, 0.1) is 0 Å². The molecule has 0 aromatic carbocycles. The molecule has 2 atom stereocenters. The maximum Gasteiger partial charge on any atom is 0.408 e. The summed E-state index contributed by atoms with van der Waals surface area (Å²) >= 11 is 0. The van der Waals surface area contributed by atoms with Crippen molar-refractivity contribution < 1.29 is 14.7 Å². The lowest BCUT2D eigenvalue weighted by Gasteiger charge is -2.20. The van der Waals surface area contributed by atoms with Gasteiger partial charge in [-0.05, 0) is 13.8 Å². The summed E-state index contributed by atoms with van der Waals surface area (Å²) in [6.07, 6.45) is -0.649. The minimum absolute atomic E-state index is 0.0138. The van der Waals surface area contributed by atoms with Gasteiger partial charge in [-0.15, -0.1) is 0 Å². The number of ketones is 1. The van der Waals surface area contributed by atoms with Gasteiger partial charge in [-0.2, -0.15) is 0 Å². The molecule has 1 fully saturated rings. The molecular formula is C7H11NO3. The SMILES string of the molecule is C[C@@H]1CC(=O)[C@H](C)N1C(=O)O. The quantitative estimate of drug-likeness (QED) is 0.563. The number of carbonyl (C=O) groups excluding carboxylic acids is 1. The maximum absolute atomic E-state index is 11.0. The van der Waals surface area contributed by atoms with Crippen LogP contribution in [-0.4, -0.2) is 34.0 Å². The van der Waals surface area contributed by atoms with Gasteiger partial charge in [0, 0.05) is 12.5 Å². The Hall–Kier alpha value is -1.06. The smallest absolute Gasteiger partial charge is 0.408 e. The van der Waals surface area contributed by atoms with E-state index in [0.717, 1.165) is 0 Å². The average molecular weight is 157 g/mol. The van der Waals surface area contributed by atoms with Gasteiger partial charge >= 0.3 is 6.09 Å². The number of rotatable bonds is 0. The first-order chi connectivity index (χ1) is 5.04. The Bertz CT molecular complexity index is 202. The van der Waals surface area contributed by atoms with Crippen LogP contribution in [-0.2, 0) is 4.79 Å². The van der Waals surface area contributed by atoms with E-state index in [1.54, 1.807) is 13.8 Å². The van der Waals surface area contributed by atoms with Crippen LogP contribution >= 0.6 is 0 Å². The molecule has 1 heterocycles. The normalized spacial score (nSPS) is 31.1. The van der Waals surface area contributed by atoms with Gasteiger partial charge in [-0.3, -0.25) is 9.69 Å². The molecule has 1 aliphatic heterocycles. The largest absolute Gasteiger partial charge is 0.465 e. The second kappa shape index (κ2) is 2.53. The average Bonchev–Trinajstić information content (AvgIpc) is 2.07. The molecule has 1 amide bonds. The van der Waals surface area contributed by atoms with Gasteiger partial charge in [-0.25, -0.2) is 4.79 Å². The second-order valence-electron chi connectivity index (χ2n) is 2.89. The van der Waals surface area contributed by atoms with Crippen LogP contribution in [0.25, 0.3) is 0 Å². The highest BCUT2D eigenvalue weighted by molar-refractivity contribution is 5.90. The molecule has 4 nitrogen and oxygen atoms in total. The van der Waals surface area contributed by atoms with E-state index in [1.807, 2.05) is 0 Å². The van der Waals surface area contributed by atoms with Gasteiger partial charge in [0.25, 0.3) is 0 Å². The minimum Gasteiger partial charge on any atom is -0.465 e. The molecule has 1 N–H and O–H groups in total. The van der Waals surface area contributed by atoms with Crippen LogP contribution in [0.2, 0.25) is 0 Å². The van der Waals surface area contributed by atoms with E-state index in [1.165, 1.54) is 4.90 Å². The van der Waals surface area contributed by atoms with Gasteiger partial charge in [0.1, 0.15) is 0 Å². The number of nitrogens with zero attached hydrogens (tertiary/aromatic N) is 1. The molecule has 0 unspecified atom stereocenters. The van der Waals surface area contributed by atoms with Gasteiger partial charge in [0.15, 0.2) is 5.78 Å². The monoisotopic (exact) mass is 157 g/mol. The van der Waals surface area contributed by atoms with Crippen molar-refractivity contribution in [2.24, 2.45) is 0 Å². The Morgan fingerprint density at radius 2 is 2.18 bits per heavy atom. The zero-order valence-electron chi connectivity index (χ0n) is 6.57. The number of hydrogen-bond acceptors (Lipinski definition) is 2. The summed E-state index contributed by atoms with van der Waals surface area (Å²) in [5, 5.41) is 8.65. The highest BCUT2D eigenvalue weighted by atomic mass is 16.4. The molecule has 0 spiro atoms. The third-order valence-electron chi connectivity index (χ3n) is 2.08. The lowest BCUT2D eigenvalue weighted by molar-refractivity contribution is -0.119. The Morgan fingerprint density at radius 1 is 1.64 bits per heavy atom. The standard InChI is InChI=1S/C7H11NO3/c1-4-3-6(9)5(2)8(4)7(10)11/h4-5H,3H2,1-2H3,(H,10,11)/t4-,5+/m1/s1. The number of likely N-dealkylation sites (tertiary alicyclic amines) is 1. The van der Waals surface area contributed by atoms with Crippen molar-refractivity contribution in [1.82, 2.24) is 4.90 Å². The maximum atomic E-state index is 11.0. The topological polar surface area (TPSA) is 57.6 Å². The van der Waals surface area contributed by atoms with Gasteiger partial charge in [-0.1, -0.05) is 0 Å². The number of Topliss-reactive ketones (excluding diaryl/α,β-unsaturated/α-hetero) is 1. The van der Waals surface area contributed by atoms with E-state index in [0.29, 0.717) is 6.42 Å². The predicted molar refractivity (Wildman–Crippen MR) is 38.4 cm³/mol. The van der Waals surface area contributed by atoms with Gasteiger partial charge < -0.3 is 5.11 Å². The fourth-order valence-corrected chi connectivity index (χ4v) is 1.45. The fourth-order valence-electron chi connectivity index (χ4n) is 1.45. The molecule has 1 saturated heterocycles. The molecule has 0 saturated carbocycles. The lowest BCUT2D eigenvalue weighted by atomic mass is 10.2. The summed E-state index contributed by atoms with van der Waals surface area (Å²) in [4.78, 5) is 22.7.